The molecule has 0 saturated carbocycles. The van der Waals surface area contributed by atoms with Crippen molar-refractivity contribution in [2.75, 3.05) is 0 Å². The highest BCUT2D eigenvalue weighted by Gasteiger charge is 2.06. The molecule has 0 radical (unpaired) electrons. The van der Waals surface area contributed by atoms with Crippen molar-refractivity contribution in [2.45, 2.75) is 6.92 Å². The molecule has 3 nitrogen and oxygen atoms in total. The Balaban J connectivity index is 2.06. The number of amides is 1. The molecule has 0 aliphatic rings. The van der Waals surface area contributed by atoms with Crippen LogP contribution in [0.3, 0.4) is 0 Å². The van der Waals surface area contributed by atoms with Gasteiger partial charge in [0.05, 0.1) is 6.21 Å². The van der Waals surface area contributed by atoms with E-state index in [2.05, 4.69) is 26.5 Å². The fourth-order valence-corrected chi connectivity index (χ4v) is 2.02. The first-order valence-electron chi connectivity index (χ1n) is 5.82. The van der Waals surface area contributed by atoms with E-state index in [1.54, 1.807) is 12.3 Å². The van der Waals surface area contributed by atoms with E-state index >= 15 is 0 Å². The number of benzene rings is 2. The summed E-state index contributed by atoms with van der Waals surface area (Å²) in [5.41, 5.74) is 4.99. The molecule has 0 bridgehead atoms. The van der Waals surface area contributed by atoms with Gasteiger partial charge >= 0.3 is 0 Å². The Morgan fingerprint density at radius 1 is 1.16 bits per heavy atom. The van der Waals surface area contributed by atoms with Gasteiger partial charge in [-0.3, -0.25) is 4.79 Å². The zero-order valence-corrected chi connectivity index (χ0v) is 12.0. The molecule has 19 heavy (non-hydrogen) atoms. The molecule has 1 amide bonds. The highest BCUT2D eigenvalue weighted by molar-refractivity contribution is 9.10. The molecule has 0 atom stereocenters. The second-order valence-corrected chi connectivity index (χ2v) is 4.89. The quantitative estimate of drug-likeness (QED) is 0.683. The monoisotopic (exact) mass is 316 g/mol. The van der Waals surface area contributed by atoms with Gasteiger partial charge in [0.25, 0.3) is 5.91 Å². The van der Waals surface area contributed by atoms with Gasteiger partial charge in [0.2, 0.25) is 0 Å². The van der Waals surface area contributed by atoms with Crippen molar-refractivity contribution in [3.63, 3.8) is 0 Å². The fraction of sp³-hybridized carbons (Fsp3) is 0.0667. The molecule has 4 heteroatoms. The van der Waals surface area contributed by atoms with Crippen LogP contribution in [-0.4, -0.2) is 12.1 Å². The van der Waals surface area contributed by atoms with Crippen molar-refractivity contribution in [1.29, 1.82) is 0 Å². The number of halogens is 1. The van der Waals surface area contributed by atoms with E-state index in [1.807, 2.05) is 49.4 Å². The van der Waals surface area contributed by atoms with Gasteiger partial charge in [-0.2, -0.15) is 5.10 Å². The van der Waals surface area contributed by atoms with Crippen LogP contribution in [-0.2, 0) is 0 Å². The molecule has 2 rings (SSSR count). The molecule has 0 unspecified atom stereocenters. The van der Waals surface area contributed by atoms with Crippen molar-refractivity contribution < 1.29 is 4.79 Å². The van der Waals surface area contributed by atoms with Gasteiger partial charge in [0.15, 0.2) is 0 Å². The van der Waals surface area contributed by atoms with E-state index in [4.69, 9.17) is 0 Å². The molecule has 0 saturated heterocycles. The normalized spacial score (nSPS) is 10.6. The Labute approximate surface area is 120 Å². The van der Waals surface area contributed by atoms with Gasteiger partial charge in [-0.15, -0.1) is 0 Å². The van der Waals surface area contributed by atoms with Crippen LogP contribution in [0, 0.1) is 6.92 Å². The maximum absolute atomic E-state index is 11.9. The molecule has 1 N–H and O–H groups in total. The van der Waals surface area contributed by atoms with Crippen LogP contribution >= 0.6 is 15.9 Å². The predicted octanol–water partition coefficient (Wildman–Crippen LogP) is 3.52. The second-order valence-electron chi connectivity index (χ2n) is 4.04. The lowest BCUT2D eigenvalue weighted by Crippen LogP contribution is -2.18. The second kappa shape index (κ2) is 6.29. The lowest BCUT2D eigenvalue weighted by molar-refractivity contribution is 0.0954. The fourth-order valence-electron chi connectivity index (χ4n) is 1.63. The first-order chi connectivity index (χ1) is 9.18. The molecule has 0 aliphatic carbocycles. The summed E-state index contributed by atoms with van der Waals surface area (Å²) in [6.07, 6.45) is 1.61. The third-order valence-corrected chi connectivity index (χ3v) is 3.39. The number of nitrogens with one attached hydrogen (secondary N) is 1. The molecule has 2 aromatic rings. The smallest absolute Gasteiger partial charge is 0.267 e. The van der Waals surface area contributed by atoms with E-state index in [9.17, 15) is 4.79 Å². The molecule has 0 heterocycles. The number of aryl methyl sites for hydroxylation is 1. The van der Waals surface area contributed by atoms with Crippen molar-refractivity contribution in [3.05, 3.63) is 69.7 Å². The Bertz CT molecular complexity index is 623. The number of nitrogens with zero attached hydrogens (tertiary/aromatic N) is 1. The number of hydrogen-bond acceptors (Lipinski definition) is 2. The Morgan fingerprint density at radius 2 is 1.84 bits per heavy atom. The molecule has 2 aromatic carbocycles. The molecule has 0 spiro atoms. The molecular weight excluding hydrogens is 304 g/mol. The zero-order chi connectivity index (χ0) is 13.7. The first-order valence-corrected chi connectivity index (χ1v) is 6.61. The van der Waals surface area contributed by atoms with Gasteiger partial charge < -0.3 is 0 Å². The third-order valence-electron chi connectivity index (χ3n) is 2.66. The summed E-state index contributed by atoms with van der Waals surface area (Å²) < 4.78 is 0.934. The largest absolute Gasteiger partial charge is 0.271 e. The van der Waals surface area contributed by atoms with Crippen LogP contribution in [0.1, 0.15) is 21.5 Å². The predicted molar refractivity (Wildman–Crippen MR) is 80.4 cm³/mol. The van der Waals surface area contributed by atoms with E-state index in [0.717, 1.165) is 15.6 Å². The SMILES string of the molecule is Cc1ccccc1C(=O)N/N=C\c1ccccc1Br. The van der Waals surface area contributed by atoms with Crippen molar-refractivity contribution >= 4 is 28.1 Å². The minimum absolute atomic E-state index is 0.207. The number of carbonyl (C=O) groups excluding carboxylic acids is 1. The van der Waals surface area contributed by atoms with Crippen molar-refractivity contribution in [1.82, 2.24) is 5.43 Å². The summed E-state index contributed by atoms with van der Waals surface area (Å²) in [7, 11) is 0. The topological polar surface area (TPSA) is 41.5 Å². The van der Waals surface area contributed by atoms with Gasteiger partial charge in [0, 0.05) is 15.6 Å². The van der Waals surface area contributed by atoms with Crippen LogP contribution in [0.4, 0.5) is 0 Å². The average Bonchev–Trinajstić information content (AvgIpc) is 2.41. The minimum Gasteiger partial charge on any atom is -0.267 e. The van der Waals surface area contributed by atoms with Gasteiger partial charge in [-0.25, -0.2) is 5.43 Å². The zero-order valence-electron chi connectivity index (χ0n) is 10.4. The van der Waals surface area contributed by atoms with Gasteiger partial charge in [-0.05, 0) is 24.6 Å². The van der Waals surface area contributed by atoms with Gasteiger partial charge in [0.1, 0.15) is 0 Å². The highest BCUT2D eigenvalue weighted by atomic mass is 79.9. The Hall–Kier alpha value is -1.94. The van der Waals surface area contributed by atoms with Crippen LogP contribution in [0.25, 0.3) is 0 Å². The standard InChI is InChI=1S/C15H13BrN2O/c1-11-6-2-4-8-13(11)15(19)18-17-10-12-7-3-5-9-14(12)16/h2-10H,1H3,(H,18,19)/b17-10-. The van der Waals surface area contributed by atoms with Crippen LogP contribution in [0.2, 0.25) is 0 Å². The van der Waals surface area contributed by atoms with Crippen LogP contribution < -0.4 is 5.43 Å². The summed E-state index contributed by atoms with van der Waals surface area (Å²) in [4.78, 5) is 11.9. The molecular formula is C15H13BrN2O. The summed E-state index contributed by atoms with van der Waals surface area (Å²) in [5, 5.41) is 3.97. The Morgan fingerprint density at radius 3 is 2.58 bits per heavy atom. The summed E-state index contributed by atoms with van der Waals surface area (Å²) in [5.74, 6) is -0.207. The van der Waals surface area contributed by atoms with Crippen LogP contribution in [0.5, 0.6) is 0 Å². The average molecular weight is 317 g/mol. The summed E-state index contributed by atoms with van der Waals surface area (Å²) in [6, 6.07) is 15.1. The molecule has 96 valence electrons. The maximum atomic E-state index is 11.9. The minimum atomic E-state index is -0.207. The highest BCUT2D eigenvalue weighted by Crippen LogP contribution is 2.13. The summed E-state index contributed by atoms with van der Waals surface area (Å²) >= 11 is 3.42. The summed E-state index contributed by atoms with van der Waals surface area (Å²) in [6.45, 7) is 1.90. The molecule has 0 aromatic heterocycles. The van der Waals surface area contributed by atoms with E-state index in [1.165, 1.54) is 0 Å². The van der Waals surface area contributed by atoms with E-state index in [-0.39, 0.29) is 5.91 Å². The number of hydrogen-bond donors (Lipinski definition) is 1. The lowest BCUT2D eigenvalue weighted by atomic mass is 10.1. The first kappa shape index (κ1) is 13.5. The van der Waals surface area contributed by atoms with E-state index < -0.39 is 0 Å². The molecule has 0 fully saturated rings. The van der Waals surface area contributed by atoms with E-state index in [0.29, 0.717) is 5.56 Å². The number of carbonyl (C=O) groups is 1. The number of hydrazone groups is 1. The van der Waals surface area contributed by atoms with Gasteiger partial charge in [-0.1, -0.05) is 52.3 Å². The lowest BCUT2D eigenvalue weighted by Gasteiger charge is -2.03. The maximum Gasteiger partial charge on any atom is 0.271 e. The Kier molecular flexibility index (Phi) is 4.47. The number of rotatable bonds is 3. The molecule has 0 aliphatic heterocycles. The van der Waals surface area contributed by atoms with Crippen LogP contribution in [0.15, 0.2) is 58.1 Å². The van der Waals surface area contributed by atoms with Crippen molar-refractivity contribution in [2.24, 2.45) is 5.10 Å². The van der Waals surface area contributed by atoms with Crippen molar-refractivity contribution in [3.8, 4) is 0 Å². The third kappa shape index (κ3) is 3.51.